The van der Waals surface area contributed by atoms with E-state index in [-0.39, 0.29) is 6.29 Å². The monoisotopic (exact) mass is 226 g/mol. The summed E-state index contributed by atoms with van der Waals surface area (Å²) in [6.45, 7) is 3.74. The summed E-state index contributed by atoms with van der Waals surface area (Å²) in [6.07, 6.45) is -0.136. The number of hydrogen-bond donors (Lipinski definition) is 0. The molecule has 0 radical (unpaired) electrons. The van der Waals surface area contributed by atoms with Crippen LogP contribution >= 0.6 is 15.9 Å². The zero-order chi connectivity index (χ0) is 8.53. The van der Waals surface area contributed by atoms with Crippen molar-refractivity contribution in [2.24, 2.45) is 0 Å². The van der Waals surface area contributed by atoms with Crippen LogP contribution in [0.1, 0.15) is 6.92 Å². The molecule has 0 unspecified atom stereocenters. The van der Waals surface area contributed by atoms with Crippen molar-refractivity contribution in [2.75, 3.05) is 32.3 Å². The van der Waals surface area contributed by atoms with Crippen LogP contribution in [-0.2, 0) is 14.2 Å². The summed E-state index contributed by atoms with van der Waals surface area (Å²) < 4.78 is 15.2. The first kappa shape index (κ1) is 11.4. The average Bonchev–Trinajstić information content (AvgIpc) is 2.01. The smallest absolute Gasteiger partial charge is 0.154 e. The van der Waals surface area contributed by atoms with Crippen molar-refractivity contribution in [3.05, 3.63) is 0 Å². The van der Waals surface area contributed by atoms with Gasteiger partial charge in [0.05, 0.1) is 19.8 Å². The van der Waals surface area contributed by atoms with Gasteiger partial charge in [-0.2, -0.15) is 0 Å². The van der Waals surface area contributed by atoms with Crippen LogP contribution in [0.15, 0.2) is 0 Å². The molecule has 0 N–H and O–H groups in total. The molecule has 3 nitrogen and oxygen atoms in total. The SMILES string of the molecule is COCCO[C@H](C)OCCBr. The van der Waals surface area contributed by atoms with E-state index in [1.165, 1.54) is 0 Å². The van der Waals surface area contributed by atoms with Gasteiger partial charge in [-0.3, -0.25) is 0 Å². The zero-order valence-electron chi connectivity index (χ0n) is 7.01. The molecule has 0 bridgehead atoms. The van der Waals surface area contributed by atoms with Crippen molar-refractivity contribution in [2.45, 2.75) is 13.2 Å². The van der Waals surface area contributed by atoms with Crippen molar-refractivity contribution in [1.82, 2.24) is 0 Å². The van der Waals surface area contributed by atoms with E-state index in [4.69, 9.17) is 14.2 Å². The Hall–Kier alpha value is 0.360. The number of rotatable bonds is 7. The lowest BCUT2D eigenvalue weighted by atomic mass is 10.7. The molecule has 0 amide bonds. The zero-order valence-corrected chi connectivity index (χ0v) is 8.59. The lowest BCUT2D eigenvalue weighted by Crippen LogP contribution is -2.16. The maximum atomic E-state index is 5.22. The fourth-order valence-electron chi connectivity index (χ4n) is 0.556. The molecule has 0 aliphatic rings. The lowest BCUT2D eigenvalue weighted by molar-refractivity contribution is -0.133. The molecule has 0 aliphatic carbocycles. The number of halogens is 1. The molecule has 0 heterocycles. The normalized spacial score (nSPS) is 13.4. The molecule has 0 aromatic rings. The van der Waals surface area contributed by atoms with Crippen molar-refractivity contribution in [3.8, 4) is 0 Å². The van der Waals surface area contributed by atoms with Gasteiger partial charge in [0.1, 0.15) is 0 Å². The first-order valence-electron chi connectivity index (χ1n) is 3.59. The fraction of sp³-hybridized carbons (Fsp3) is 1.00. The first-order chi connectivity index (χ1) is 5.31. The lowest BCUT2D eigenvalue weighted by Gasteiger charge is -2.12. The Morgan fingerprint density at radius 3 is 2.36 bits per heavy atom. The predicted molar refractivity (Wildman–Crippen MR) is 47.0 cm³/mol. The van der Waals surface area contributed by atoms with E-state index in [1.54, 1.807) is 7.11 Å². The highest BCUT2D eigenvalue weighted by Gasteiger charge is 1.99. The van der Waals surface area contributed by atoms with Gasteiger partial charge in [0.25, 0.3) is 0 Å². The Morgan fingerprint density at radius 1 is 1.18 bits per heavy atom. The van der Waals surface area contributed by atoms with Gasteiger partial charge in [-0.15, -0.1) is 0 Å². The summed E-state index contributed by atoms with van der Waals surface area (Å²) in [5.41, 5.74) is 0. The van der Waals surface area contributed by atoms with Crippen LogP contribution in [0.3, 0.4) is 0 Å². The maximum Gasteiger partial charge on any atom is 0.154 e. The van der Waals surface area contributed by atoms with Gasteiger partial charge in [0.2, 0.25) is 0 Å². The largest absolute Gasteiger partial charge is 0.382 e. The van der Waals surface area contributed by atoms with E-state index in [1.807, 2.05) is 6.92 Å². The summed E-state index contributed by atoms with van der Waals surface area (Å²) >= 11 is 3.25. The van der Waals surface area contributed by atoms with Crippen LogP contribution in [0.2, 0.25) is 0 Å². The molecule has 0 spiro atoms. The van der Waals surface area contributed by atoms with Gasteiger partial charge in [0.15, 0.2) is 6.29 Å². The molecule has 11 heavy (non-hydrogen) atoms. The van der Waals surface area contributed by atoms with Crippen LogP contribution in [0.4, 0.5) is 0 Å². The van der Waals surface area contributed by atoms with Gasteiger partial charge in [-0.25, -0.2) is 0 Å². The number of methoxy groups -OCH3 is 1. The van der Waals surface area contributed by atoms with Crippen molar-refractivity contribution in [3.63, 3.8) is 0 Å². The van der Waals surface area contributed by atoms with Crippen LogP contribution < -0.4 is 0 Å². The second-order valence-electron chi connectivity index (χ2n) is 1.99. The molecule has 0 fully saturated rings. The maximum absolute atomic E-state index is 5.22. The van der Waals surface area contributed by atoms with Crippen molar-refractivity contribution < 1.29 is 14.2 Å². The van der Waals surface area contributed by atoms with E-state index in [0.29, 0.717) is 19.8 Å². The van der Waals surface area contributed by atoms with Gasteiger partial charge in [-0.05, 0) is 6.92 Å². The quantitative estimate of drug-likeness (QED) is 0.374. The third kappa shape index (κ3) is 8.26. The third-order valence-corrected chi connectivity index (χ3v) is 1.39. The molecule has 4 heteroatoms. The highest BCUT2D eigenvalue weighted by atomic mass is 79.9. The molecule has 68 valence electrons. The van der Waals surface area contributed by atoms with E-state index in [9.17, 15) is 0 Å². The second-order valence-corrected chi connectivity index (χ2v) is 2.78. The molecule has 0 aliphatic heterocycles. The minimum absolute atomic E-state index is 0.136. The van der Waals surface area contributed by atoms with Crippen molar-refractivity contribution in [1.29, 1.82) is 0 Å². The van der Waals surface area contributed by atoms with Crippen LogP contribution in [0, 0.1) is 0 Å². The summed E-state index contributed by atoms with van der Waals surface area (Å²) in [7, 11) is 1.65. The van der Waals surface area contributed by atoms with E-state index in [0.717, 1.165) is 5.33 Å². The molecule has 0 aromatic heterocycles. The topological polar surface area (TPSA) is 27.7 Å². The number of hydrogen-bond acceptors (Lipinski definition) is 3. The number of ether oxygens (including phenoxy) is 3. The minimum atomic E-state index is -0.136. The molecule has 0 aromatic carbocycles. The standard InChI is InChI=1S/C7H15BrO3/c1-7(10-4-3-8)11-6-5-9-2/h7H,3-6H2,1-2H3/t7-/m1/s1. The third-order valence-electron chi connectivity index (χ3n) is 1.07. The van der Waals surface area contributed by atoms with Gasteiger partial charge in [0, 0.05) is 12.4 Å². The van der Waals surface area contributed by atoms with Crippen LogP contribution in [0.25, 0.3) is 0 Å². The number of alkyl halides is 1. The van der Waals surface area contributed by atoms with Crippen LogP contribution in [0.5, 0.6) is 0 Å². The fourth-order valence-corrected chi connectivity index (χ4v) is 0.743. The summed E-state index contributed by atoms with van der Waals surface area (Å²) in [5.74, 6) is 0. The first-order valence-corrected chi connectivity index (χ1v) is 4.71. The van der Waals surface area contributed by atoms with Crippen LogP contribution in [-0.4, -0.2) is 38.6 Å². The van der Waals surface area contributed by atoms with E-state index < -0.39 is 0 Å². The minimum Gasteiger partial charge on any atom is -0.382 e. The molecule has 1 atom stereocenters. The molecular formula is C7H15BrO3. The van der Waals surface area contributed by atoms with E-state index in [2.05, 4.69) is 15.9 Å². The molecule has 0 saturated carbocycles. The Labute approximate surface area is 76.1 Å². The highest BCUT2D eigenvalue weighted by molar-refractivity contribution is 9.09. The molecular weight excluding hydrogens is 212 g/mol. The Bertz CT molecular complexity index is 80.1. The Balaban J connectivity index is 3.02. The van der Waals surface area contributed by atoms with E-state index >= 15 is 0 Å². The summed E-state index contributed by atoms with van der Waals surface area (Å²) in [6, 6.07) is 0. The Kier molecular flexibility index (Phi) is 8.73. The van der Waals surface area contributed by atoms with Crippen molar-refractivity contribution >= 4 is 15.9 Å². The summed E-state index contributed by atoms with van der Waals surface area (Å²) in [4.78, 5) is 0. The second kappa shape index (κ2) is 8.46. The predicted octanol–water partition coefficient (Wildman–Crippen LogP) is 1.41. The Morgan fingerprint density at radius 2 is 1.82 bits per heavy atom. The summed E-state index contributed by atoms with van der Waals surface area (Å²) in [5, 5.41) is 0.838. The van der Waals surface area contributed by atoms with Gasteiger partial charge < -0.3 is 14.2 Å². The van der Waals surface area contributed by atoms with Gasteiger partial charge in [-0.1, -0.05) is 15.9 Å². The highest BCUT2D eigenvalue weighted by Crippen LogP contribution is 1.94. The van der Waals surface area contributed by atoms with Gasteiger partial charge >= 0.3 is 0 Å². The average molecular weight is 227 g/mol. The molecule has 0 rings (SSSR count). The molecule has 0 saturated heterocycles.